The number of carboxylic acids is 6. The van der Waals surface area contributed by atoms with E-state index in [-0.39, 0.29) is 24.3 Å². The molecule has 0 radical (unpaired) electrons. The van der Waals surface area contributed by atoms with Crippen LogP contribution in [-0.4, -0.2) is 89.9 Å². The van der Waals surface area contributed by atoms with Crippen LogP contribution in [-0.2, 0) is 0 Å². The summed E-state index contributed by atoms with van der Waals surface area (Å²) in [6, 6.07) is 5.61. The molecule has 0 heterocycles. The largest absolute Gasteiger partial charge is 0.478 e. The van der Waals surface area contributed by atoms with E-state index >= 15 is 0 Å². The minimum atomic E-state index is -1.48. The first kappa shape index (κ1) is 31.2. The second-order valence-electron chi connectivity index (χ2n) is 6.51. The van der Waals surface area contributed by atoms with Crippen molar-refractivity contribution >= 4 is 35.8 Å². The summed E-state index contributed by atoms with van der Waals surface area (Å²) >= 11 is 0. The van der Waals surface area contributed by atoms with Gasteiger partial charge in [-0.2, -0.15) is 0 Å². The fraction of sp³-hybridized carbons (Fsp3) is 0.182. The molecule has 0 aromatic heterocycles. The average Bonchev–Trinajstić information content (AvgIpc) is 2.82. The van der Waals surface area contributed by atoms with Crippen molar-refractivity contribution in [3.05, 3.63) is 69.8 Å². The van der Waals surface area contributed by atoms with Gasteiger partial charge in [-0.05, 0) is 49.2 Å². The molecule has 194 valence electrons. The predicted octanol–water partition coefficient (Wildman–Crippen LogP) is 1.31. The monoisotopic (exact) mass is 510 g/mol. The molecule has 36 heavy (non-hydrogen) atoms. The Hall–Kier alpha value is -4.82. The van der Waals surface area contributed by atoms with Gasteiger partial charge in [0.05, 0.1) is 33.4 Å². The fourth-order valence-corrected chi connectivity index (χ4v) is 2.31. The third kappa shape index (κ3) is 9.98. The minimum Gasteiger partial charge on any atom is -0.478 e. The highest BCUT2D eigenvalue weighted by Crippen LogP contribution is 2.13. The minimum absolute atomic E-state index is 0.195. The number of unbranched alkanes of at least 4 members (excludes halogenated alkanes) is 1. The Balaban J connectivity index is 0.000000558. The zero-order valence-electron chi connectivity index (χ0n) is 18.3. The number of hydrogen-bond acceptors (Lipinski definition) is 8. The van der Waals surface area contributed by atoms with Crippen molar-refractivity contribution in [3.8, 4) is 0 Å². The maximum absolute atomic E-state index is 10.6. The average molecular weight is 510 g/mol. The third-order valence-electron chi connectivity index (χ3n) is 4.02. The maximum atomic E-state index is 10.6. The summed E-state index contributed by atoms with van der Waals surface area (Å²) in [5, 5.41) is 67.9. The van der Waals surface area contributed by atoms with E-state index in [0.717, 1.165) is 49.2 Å². The van der Waals surface area contributed by atoms with Gasteiger partial charge >= 0.3 is 35.8 Å². The quantitative estimate of drug-likeness (QED) is 0.221. The van der Waals surface area contributed by atoms with Crippen molar-refractivity contribution in [2.75, 3.05) is 13.2 Å². The van der Waals surface area contributed by atoms with Crippen molar-refractivity contribution in [2.45, 2.75) is 12.8 Å². The summed E-state index contributed by atoms with van der Waals surface area (Å²) in [6.45, 7) is 0.390. The number of aliphatic hydroxyl groups excluding tert-OH is 2. The van der Waals surface area contributed by atoms with Crippen molar-refractivity contribution in [2.24, 2.45) is 0 Å². The maximum Gasteiger partial charge on any atom is 0.336 e. The first-order valence-electron chi connectivity index (χ1n) is 9.67. The van der Waals surface area contributed by atoms with Gasteiger partial charge in [0.2, 0.25) is 0 Å². The molecule has 0 saturated heterocycles. The molecule has 2 aromatic carbocycles. The van der Waals surface area contributed by atoms with Crippen LogP contribution in [0.25, 0.3) is 0 Å². The molecule has 14 heteroatoms. The molecule has 0 fully saturated rings. The first-order valence-corrected chi connectivity index (χ1v) is 9.67. The number of rotatable bonds is 9. The third-order valence-corrected chi connectivity index (χ3v) is 4.02. The number of aromatic carboxylic acids is 6. The van der Waals surface area contributed by atoms with Gasteiger partial charge < -0.3 is 40.9 Å². The van der Waals surface area contributed by atoms with E-state index in [4.69, 9.17) is 40.9 Å². The molecule has 0 atom stereocenters. The molecule has 0 amide bonds. The van der Waals surface area contributed by atoms with Gasteiger partial charge in [-0.1, -0.05) is 0 Å². The van der Waals surface area contributed by atoms with Crippen LogP contribution in [0.15, 0.2) is 36.4 Å². The molecule has 0 aliphatic heterocycles. The lowest BCUT2D eigenvalue weighted by Gasteiger charge is -2.02. The highest BCUT2D eigenvalue weighted by atomic mass is 16.4. The van der Waals surface area contributed by atoms with Gasteiger partial charge in [0.15, 0.2) is 0 Å². The SMILES string of the molecule is O=C(O)c1ccc(C(=O)O)c(C(=O)O)c1.O=C(O)c1ccc(C(=O)O)c(C(=O)O)c1.OCCCCO. The lowest BCUT2D eigenvalue weighted by molar-refractivity contribution is 0.0648. The van der Waals surface area contributed by atoms with Crippen LogP contribution in [0.1, 0.15) is 75.0 Å². The van der Waals surface area contributed by atoms with Crippen molar-refractivity contribution in [1.29, 1.82) is 0 Å². The molecule has 2 aromatic rings. The molecule has 14 nitrogen and oxygen atoms in total. The second-order valence-corrected chi connectivity index (χ2v) is 6.51. The molecule has 0 spiro atoms. The van der Waals surface area contributed by atoms with Gasteiger partial charge in [-0.3, -0.25) is 0 Å². The zero-order chi connectivity index (χ0) is 28.0. The number of aliphatic hydroxyl groups is 2. The molecule has 0 unspecified atom stereocenters. The topological polar surface area (TPSA) is 264 Å². The number of benzene rings is 2. The summed E-state index contributed by atoms with van der Waals surface area (Å²) in [7, 11) is 0. The Kier molecular flexibility index (Phi) is 13.1. The highest BCUT2D eigenvalue weighted by molar-refractivity contribution is 6.04. The van der Waals surface area contributed by atoms with Gasteiger partial charge in [-0.25, -0.2) is 28.8 Å². The number of carboxylic acid groups (broad SMARTS) is 6. The molecular weight excluding hydrogens is 488 g/mol. The Morgan fingerprint density at radius 1 is 0.444 bits per heavy atom. The first-order chi connectivity index (χ1) is 16.8. The van der Waals surface area contributed by atoms with Crippen LogP contribution in [0.2, 0.25) is 0 Å². The van der Waals surface area contributed by atoms with E-state index in [1.807, 2.05) is 0 Å². The molecule has 2 rings (SSSR count). The molecular formula is C22H22O14. The Morgan fingerprint density at radius 3 is 0.917 bits per heavy atom. The van der Waals surface area contributed by atoms with Crippen LogP contribution < -0.4 is 0 Å². The molecule has 8 N–H and O–H groups in total. The predicted molar refractivity (Wildman–Crippen MR) is 118 cm³/mol. The molecule has 0 aliphatic rings. The van der Waals surface area contributed by atoms with Crippen molar-refractivity contribution in [1.82, 2.24) is 0 Å². The van der Waals surface area contributed by atoms with Crippen LogP contribution in [0.4, 0.5) is 0 Å². The normalized spacial score (nSPS) is 9.50. The Labute approximate surface area is 201 Å². The number of carbonyl (C=O) groups is 6. The van der Waals surface area contributed by atoms with Gasteiger partial charge in [0, 0.05) is 13.2 Å². The van der Waals surface area contributed by atoms with E-state index in [1.54, 1.807) is 0 Å². The van der Waals surface area contributed by atoms with Crippen LogP contribution in [0.3, 0.4) is 0 Å². The second kappa shape index (κ2) is 15.2. The van der Waals surface area contributed by atoms with Gasteiger partial charge in [0.1, 0.15) is 0 Å². The highest BCUT2D eigenvalue weighted by Gasteiger charge is 2.19. The van der Waals surface area contributed by atoms with Crippen LogP contribution in [0, 0.1) is 0 Å². The zero-order valence-corrected chi connectivity index (χ0v) is 18.3. The van der Waals surface area contributed by atoms with Gasteiger partial charge in [-0.15, -0.1) is 0 Å². The smallest absolute Gasteiger partial charge is 0.336 e. The summed E-state index contributed by atoms with van der Waals surface area (Å²) in [4.78, 5) is 63.5. The lowest BCUT2D eigenvalue weighted by Crippen LogP contribution is -2.10. The van der Waals surface area contributed by atoms with Crippen molar-refractivity contribution in [3.63, 3.8) is 0 Å². The lowest BCUT2D eigenvalue weighted by atomic mass is 10.0. The van der Waals surface area contributed by atoms with E-state index in [9.17, 15) is 28.8 Å². The van der Waals surface area contributed by atoms with E-state index in [2.05, 4.69) is 0 Å². The fourth-order valence-electron chi connectivity index (χ4n) is 2.31. The summed E-state index contributed by atoms with van der Waals surface area (Å²) < 4.78 is 0. The summed E-state index contributed by atoms with van der Waals surface area (Å²) in [5.41, 5.74) is -2.49. The van der Waals surface area contributed by atoms with E-state index in [0.29, 0.717) is 0 Å². The van der Waals surface area contributed by atoms with E-state index in [1.165, 1.54) is 0 Å². The molecule has 0 aliphatic carbocycles. The van der Waals surface area contributed by atoms with Crippen molar-refractivity contribution < 1.29 is 69.6 Å². The van der Waals surface area contributed by atoms with Gasteiger partial charge in [0.25, 0.3) is 0 Å². The summed E-state index contributed by atoms with van der Waals surface area (Å²) in [5.74, 6) is -8.40. The van der Waals surface area contributed by atoms with Crippen LogP contribution >= 0.6 is 0 Å². The molecule has 0 bridgehead atoms. The number of hydrogen-bond donors (Lipinski definition) is 8. The van der Waals surface area contributed by atoms with E-state index < -0.39 is 58.1 Å². The Bertz CT molecular complexity index is 1050. The standard InChI is InChI=1S/2C9H6O6.C4H10O2/c2*10-7(11)4-1-2-5(8(12)13)6(3-4)9(14)15;5-3-1-2-4-6/h2*1-3H,(H,10,11)(H,12,13)(H,14,15);5-6H,1-4H2. The Morgan fingerprint density at radius 2 is 0.722 bits per heavy atom. The summed E-state index contributed by atoms with van der Waals surface area (Å²) in [6.07, 6.45) is 1.44. The van der Waals surface area contributed by atoms with Crippen LogP contribution in [0.5, 0.6) is 0 Å². The molecule has 0 saturated carbocycles.